The lowest BCUT2D eigenvalue weighted by Gasteiger charge is -2.08. The van der Waals surface area contributed by atoms with E-state index in [4.69, 9.17) is 9.47 Å². The Balaban J connectivity index is 1.68. The van der Waals surface area contributed by atoms with E-state index in [9.17, 15) is 9.59 Å². The Morgan fingerprint density at radius 3 is 2.71 bits per heavy atom. The van der Waals surface area contributed by atoms with Crippen molar-refractivity contribution in [1.82, 2.24) is 0 Å². The number of aryl methyl sites for hydroxylation is 1. The number of halogens is 1. The summed E-state index contributed by atoms with van der Waals surface area (Å²) in [5, 5.41) is 3.33. The number of anilines is 1. The van der Waals surface area contributed by atoms with Gasteiger partial charge in [-0.3, -0.25) is 4.79 Å². The third-order valence-corrected chi connectivity index (χ3v) is 5.48. The second-order valence-corrected chi connectivity index (χ2v) is 7.36. The number of thiophene rings is 1. The molecule has 0 aliphatic heterocycles. The average Bonchev–Trinajstić information content (AvgIpc) is 3.14. The summed E-state index contributed by atoms with van der Waals surface area (Å²) >= 11 is 4.79. The molecule has 0 bridgehead atoms. The molecule has 1 aromatic heterocycles. The van der Waals surface area contributed by atoms with Crippen molar-refractivity contribution in [3.63, 3.8) is 0 Å². The minimum Gasteiger partial charge on any atom is -0.484 e. The zero-order chi connectivity index (χ0) is 17.1. The molecule has 1 aliphatic carbocycles. The Kier molecular flexibility index (Phi) is 5.20. The lowest BCUT2D eigenvalue weighted by atomic mass is 10.1. The zero-order valence-corrected chi connectivity index (χ0v) is 15.5. The number of nitrogens with one attached hydrogen (secondary N) is 1. The summed E-state index contributed by atoms with van der Waals surface area (Å²) in [6.45, 7) is -0.120. The molecule has 0 unspecified atom stereocenters. The fraction of sp³-hybridized carbons (Fsp3) is 0.294. The number of carbonyl (C=O) groups is 2. The Bertz CT molecular complexity index is 770. The molecule has 0 spiro atoms. The maximum atomic E-state index is 12.2. The summed E-state index contributed by atoms with van der Waals surface area (Å²) in [6.07, 6.45) is 2.82. The van der Waals surface area contributed by atoms with Crippen LogP contribution in [0.4, 0.5) is 5.00 Å². The van der Waals surface area contributed by atoms with Crippen molar-refractivity contribution in [3.8, 4) is 5.75 Å². The lowest BCUT2D eigenvalue weighted by Crippen LogP contribution is -2.21. The van der Waals surface area contributed by atoms with E-state index < -0.39 is 5.97 Å². The highest BCUT2D eigenvalue weighted by Crippen LogP contribution is 2.39. The van der Waals surface area contributed by atoms with Crippen LogP contribution < -0.4 is 10.1 Å². The molecule has 24 heavy (non-hydrogen) atoms. The second kappa shape index (κ2) is 7.36. The summed E-state index contributed by atoms with van der Waals surface area (Å²) < 4.78 is 11.3. The Labute approximate surface area is 152 Å². The lowest BCUT2D eigenvalue weighted by molar-refractivity contribution is -0.118. The maximum Gasteiger partial charge on any atom is 0.341 e. The quantitative estimate of drug-likeness (QED) is 0.762. The molecular formula is C17H16BrNO4S. The van der Waals surface area contributed by atoms with Crippen LogP contribution >= 0.6 is 27.3 Å². The molecule has 7 heteroatoms. The standard InChI is InChI=1S/C17H16BrNO4S/c1-22-17(21)15-12-3-2-4-13(12)24-16(15)19-14(20)9-23-11-7-5-10(18)6-8-11/h5-8H,2-4,9H2,1H3,(H,19,20). The van der Waals surface area contributed by atoms with Gasteiger partial charge in [0.05, 0.1) is 12.7 Å². The first-order chi connectivity index (χ1) is 11.6. The summed E-state index contributed by atoms with van der Waals surface area (Å²) in [5.41, 5.74) is 1.50. The highest BCUT2D eigenvalue weighted by Gasteiger charge is 2.28. The van der Waals surface area contributed by atoms with Gasteiger partial charge in [-0.05, 0) is 49.1 Å². The van der Waals surface area contributed by atoms with E-state index >= 15 is 0 Å². The van der Waals surface area contributed by atoms with Crippen LogP contribution in [0.15, 0.2) is 28.7 Å². The van der Waals surface area contributed by atoms with Gasteiger partial charge in [-0.25, -0.2) is 4.79 Å². The first-order valence-corrected chi connectivity index (χ1v) is 9.10. The van der Waals surface area contributed by atoms with Gasteiger partial charge in [-0.15, -0.1) is 11.3 Å². The first kappa shape index (κ1) is 17.0. The van der Waals surface area contributed by atoms with Gasteiger partial charge in [0.1, 0.15) is 10.8 Å². The summed E-state index contributed by atoms with van der Waals surface area (Å²) in [5.74, 6) is -0.100. The third kappa shape index (κ3) is 3.62. The monoisotopic (exact) mass is 409 g/mol. The molecule has 2 aromatic rings. The number of hydrogen-bond donors (Lipinski definition) is 1. The molecule has 1 aliphatic rings. The minimum atomic E-state index is -0.404. The second-order valence-electron chi connectivity index (χ2n) is 5.34. The molecule has 0 radical (unpaired) electrons. The summed E-state index contributed by atoms with van der Waals surface area (Å²) in [6, 6.07) is 7.23. The van der Waals surface area contributed by atoms with Gasteiger partial charge >= 0.3 is 5.97 Å². The fourth-order valence-electron chi connectivity index (χ4n) is 2.65. The van der Waals surface area contributed by atoms with E-state index in [0.717, 1.165) is 34.2 Å². The van der Waals surface area contributed by atoms with Crippen LogP contribution in [0.2, 0.25) is 0 Å². The van der Waals surface area contributed by atoms with Gasteiger partial charge in [0.15, 0.2) is 6.61 Å². The minimum absolute atomic E-state index is 0.120. The van der Waals surface area contributed by atoms with Crippen LogP contribution in [0.1, 0.15) is 27.2 Å². The number of hydrogen-bond acceptors (Lipinski definition) is 5. The molecule has 0 atom stereocenters. The van der Waals surface area contributed by atoms with E-state index in [1.54, 1.807) is 12.1 Å². The molecule has 5 nitrogen and oxygen atoms in total. The average molecular weight is 410 g/mol. The molecule has 0 fully saturated rings. The molecule has 0 saturated heterocycles. The van der Waals surface area contributed by atoms with Crippen LogP contribution in [0.3, 0.4) is 0 Å². The van der Waals surface area contributed by atoms with Crippen LogP contribution in [0, 0.1) is 0 Å². The molecule has 1 aromatic carbocycles. The van der Waals surface area contributed by atoms with Gasteiger partial charge < -0.3 is 14.8 Å². The Morgan fingerprint density at radius 2 is 2.00 bits per heavy atom. The summed E-state index contributed by atoms with van der Waals surface area (Å²) in [7, 11) is 1.35. The fourth-order valence-corrected chi connectivity index (χ4v) is 4.21. The molecule has 1 N–H and O–H groups in total. The van der Waals surface area contributed by atoms with E-state index in [2.05, 4.69) is 21.2 Å². The molecular weight excluding hydrogens is 394 g/mol. The number of amides is 1. The van der Waals surface area contributed by atoms with Gasteiger partial charge in [-0.2, -0.15) is 0 Å². The van der Waals surface area contributed by atoms with E-state index in [0.29, 0.717) is 16.3 Å². The van der Waals surface area contributed by atoms with Gasteiger partial charge in [0, 0.05) is 9.35 Å². The SMILES string of the molecule is COC(=O)c1c(NC(=O)COc2ccc(Br)cc2)sc2c1CCC2. The van der Waals surface area contributed by atoms with Crippen molar-refractivity contribution in [1.29, 1.82) is 0 Å². The molecule has 126 valence electrons. The predicted octanol–water partition coefficient (Wildman–Crippen LogP) is 3.80. The largest absolute Gasteiger partial charge is 0.484 e. The number of carbonyl (C=O) groups excluding carboxylic acids is 2. The van der Waals surface area contributed by atoms with Crippen molar-refractivity contribution < 1.29 is 19.1 Å². The number of ether oxygens (including phenoxy) is 2. The van der Waals surface area contributed by atoms with Gasteiger partial charge in [-0.1, -0.05) is 15.9 Å². The van der Waals surface area contributed by atoms with Crippen molar-refractivity contribution >= 4 is 44.1 Å². The van der Waals surface area contributed by atoms with Crippen LogP contribution in [0.25, 0.3) is 0 Å². The van der Waals surface area contributed by atoms with Crippen molar-refractivity contribution in [2.24, 2.45) is 0 Å². The number of esters is 1. The predicted molar refractivity (Wildman–Crippen MR) is 96.0 cm³/mol. The molecule has 1 amide bonds. The van der Waals surface area contributed by atoms with E-state index in [1.165, 1.54) is 18.4 Å². The zero-order valence-electron chi connectivity index (χ0n) is 13.1. The highest BCUT2D eigenvalue weighted by molar-refractivity contribution is 9.10. The van der Waals surface area contributed by atoms with Crippen LogP contribution in [-0.2, 0) is 22.4 Å². The highest BCUT2D eigenvalue weighted by atomic mass is 79.9. The third-order valence-electron chi connectivity index (χ3n) is 3.75. The van der Waals surface area contributed by atoms with Crippen molar-refractivity contribution in [3.05, 3.63) is 44.7 Å². The smallest absolute Gasteiger partial charge is 0.341 e. The number of fused-ring (bicyclic) bond motifs is 1. The number of methoxy groups -OCH3 is 1. The number of rotatable bonds is 5. The Morgan fingerprint density at radius 1 is 1.25 bits per heavy atom. The Hall–Kier alpha value is -1.86. The normalized spacial score (nSPS) is 12.6. The van der Waals surface area contributed by atoms with E-state index in [1.807, 2.05) is 12.1 Å². The topological polar surface area (TPSA) is 64.6 Å². The van der Waals surface area contributed by atoms with E-state index in [-0.39, 0.29) is 12.5 Å². The van der Waals surface area contributed by atoms with Crippen molar-refractivity contribution in [2.75, 3.05) is 19.0 Å². The van der Waals surface area contributed by atoms with Crippen LogP contribution in [0.5, 0.6) is 5.75 Å². The maximum absolute atomic E-state index is 12.2. The van der Waals surface area contributed by atoms with Gasteiger partial charge in [0.2, 0.25) is 0 Å². The van der Waals surface area contributed by atoms with Crippen molar-refractivity contribution in [2.45, 2.75) is 19.3 Å². The molecule has 3 rings (SSSR count). The van der Waals surface area contributed by atoms with Crippen LogP contribution in [-0.4, -0.2) is 25.6 Å². The first-order valence-electron chi connectivity index (χ1n) is 7.49. The van der Waals surface area contributed by atoms with Gasteiger partial charge in [0.25, 0.3) is 5.91 Å². The molecule has 0 saturated carbocycles. The number of benzene rings is 1. The molecule has 1 heterocycles. The summed E-state index contributed by atoms with van der Waals surface area (Å²) in [4.78, 5) is 25.3.